The van der Waals surface area contributed by atoms with E-state index in [1.165, 1.54) is 25.7 Å². The predicted molar refractivity (Wildman–Crippen MR) is 85.0 cm³/mol. The standard InChI is InChI=1S/C17H27F2N3O2/c1-21-9-16(10-22(11-16)13-4-2-3-5-13)24-8-14(21)15(23)20-12-6-17(18,19)7-12/h12-14H,2-11H2,1H3,(H,20,23). The number of carbonyl (C=O) groups excluding carboxylic acids is 1. The highest BCUT2D eigenvalue weighted by atomic mass is 19.3. The molecule has 1 N–H and O–H groups in total. The second-order valence-electron chi connectivity index (χ2n) is 8.24. The van der Waals surface area contributed by atoms with Gasteiger partial charge in [0.1, 0.15) is 11.6 Å². The van der Waals surface area contributed by atoms with Gasteiger partial charge in [0, 0.05) is 44.6 Å². The average Bonchev–Trinajstić information content (AvgIpc) is 2.96. The number of morpholine rings is 1. The van der Waals surface area contributed by atoms with E-state index in [0.717, 1.165) is 19.6 Å². The molecule has 4 fully saturated rings. The molecule has 0 bridgehead atoms. The number of nitrogens with zero attached hydrogens (tertiary/aromatic N) is 2. The Kier molecular flexibility index (Phi) is 4.09. The van der Waals surface area contributed by atoms with Crippen LogP contribution >= 0.6 is 0 Å². The minimum absolute atomic E-state index is 0.141. The molecule has 1 spiro atoms. The van der Waals surface area contributed by atoms with Gasteiger partial charge in [0.25, 0.3) is 5.92 Å². The van der Waals surface area contributed by atoms with Crippen molar-refractivity contribution in [1.29, 1.82) is 0 Å². The Morgan fingerprint density at radius 3 is 2.42 bits per heavy atom. The number of halogens is 2. The summed E-state index contributed by atoms with van der Waals surface area (Å²) in [6, 6.07) is -0.0467. The van der Waals surface area contributed by atoms with Crippen molar-refractivity contribution in [3.05, 3.63) is 0 Å². The van der Waals surface area contributed by atoms with Crippen LogP contribution in [0.2, 0.25) is 0 Å². The Morgan fingerprint density at radius 1 is 1.17 bits per heavy atom. The molecular weight excluding hydrogens is 316 g/mol. The molecule has 1 unspecified atom stereocenters. The van der Waals surface area contributed by atoms with Gasteiger partial charge in [0.15, 0.2) is 0 Å². The van der Waals surface area contributed by atoms with E-state index < -0.39 is 12.0 Å². The molecule has 1 amide bonds. The molecule has 2 saturated heterocycles. The minimum Gasteiger partial charge on any atom is -0.369 e. The summed E-state index contributed by atoms with van der Waals surface area (Å²) in [7, 11) is 1.93. The number of carbonyl (C=O) groups is 1. The molecule has 7 heteroatoms. The van der Waals surface area contributed by atoms with E-state index in [2.05, 4.69) is 10.2 Å². The van der Waals surface area contributed by atoms with E-state index in [4.69, 9.17) is 4.74 Å². The van der Waals surface area contributed by atoms with Crippen LogP contribution in [-0.4, -0.2) is 78.6 Å². The molecule has 0 aromatic rings. The van der Waals surface area contributed by atoms with Gasteiger partial charge in [-0.1, -0.05) is 12.8 Å². The fourth-order valence-corrected chi connectivity index (χ4v) is 4.74. The quantitative estimate of drug-likeness (QED) is 0.837. The van der Waals surface area contributed by atoms with Gasteiger partial charge in [-0.3, -0.25) is 14.6 Å². The Morgan fingerprint density at radius 2 is 1.83 bits per heavy atom. The number of likely N-dealkylation sites (tertiary alicyclic amines) is 1. The smallest absolute Gasteiger partial charge is 0.252 e. The van der Waals surface area contributed by atoms with Crippen molar-refractivity contribution in [2.24, 2.45) is 0 Å². The Balaban J connectivity index is 1.25. The monoisotopic (exact) mass is 343 g/mol. The number of rotatable bonds is 3. The first-order valence-electron chi connectivity index (χ1n) is 9.12. The highest BCUT2D eigenvalue weighted by Gasteiger charge is 2.52. The van der Waals surface area contributed by atoms with Crippen molar-refractivity contribution >= 4 is 5.91 Å². The van der Waals surface area contributed by atoms with E-state index in [-0.39, 0.29) is 30.4 Å². The summed E-state index contributed by atoms with van der Waals surface area (Å²) in [5.41, 5.74) is -0.141. The SMILES string of the molecule is CN1CC2(CN(C3CCCC3)C2)OCC1C(=O)NC1CC(F)(F)C1. The van der Waals surface area contributed by atoms with Gasteiger partial charge in [-0.2, -0.15) is 0 Å². The van der Waals surface area contributed by atoms with E-state index >= 15 is 0 Å². The summed E-state index contributed by atoms with van der Waals surface area (Å²) in [6.45, 7) is 2.98. The van der Waals surface area contributed by atoms with E-state index in [1.807, 2.05) is 11.9 Å². The minimum atomic E-state index is -2.60. The number of alkyl halides is 2. The normalized spacial score (nSPS) is 34.0. The maximum absolute atomic E-state index is 12.9. The van der Waals surface area contributed by atoms with Gasteiger partial charge >= 0.3 is 0 Å². The van der Waals surface area contributed by atoms with Crippen molar-refractivity contribution < 1.29 is 18.3 Å². The zero-order chi connectivity index (χ0) is 16.9. The number of ether oxygens (including phenoxy) is 1. The fourth-order valence-electron chi connectivity index (χ4n) is 4.74. The van der Waals surface area contributed by atoms with Crippen LogP contribution in [0.15, 0.2) is 0 Å². The lowest BCUT2D eigenvalue weighted by atomic mass is 9.87. The summed E-state index contributed by atoms with van der Waals surface area (Å²) < 4.78 is 31.8. The van der Waals surface area contributed by atoms with Crippen LogP contribution in [0.4, 0.5) is 8.78 Å². The maximum Gasteiger partial charge on any atom is 0.252 e. The fraction of sp³-hybridized carbons (Fsp3) is 0.941. The Labute approximate surface area is 141 Å². The molecule has 1 atom stereocenters. The first kappa shape index (κ1) is 16.7. The first-order chi connectivity index (χ1) is 11.4. The predicted octanol–water partition coefficient (Wildman–Crippen LogP) is 1.23. The van der Waals surface area contributed by atoms with Crippen molar-refractivity contribution in [2.75, 3.05) is 33.3 Å². The van der Waals surface area contributed by atoms with Gasteiger partial charge in [0.2, 0.25) is 5.91 Å². The molecule has 2 aliphatic carbocycles. The molecule has 2 aliphatic heterocycles. The number of likely N-dealkylation sites (N-methyl/N-ethyl adjacent to an activating group) is 1. The molecule has 2 heterocycles. The van der Waals surface area contributed by atoms with Crippen molar-refractivity contribution in [1.82, 2.24) is 15.1 Å². The number of nitrogens with one attached hydrogen (secondary N) is 1. The van der Waals surface area contributed by atoms with Crippen molar-refractivity contribution in [2.45, 2.75) is 68.2 Å². The molecule has 4 aliphatic rings. The summed E-state index contributed by atoms with van der Waals surface area (Å²) in [4.78, 5) is 16.9. The molecule has 0 radical (unpaired) electrons. The van der Waals surface area contributed by atoms with Crippen LogP contribution in [0.1, 0.15) is 38.5 Å². The van der Waals surface area contributed by atoms with E-state index in [1.54, 1.807) is 0 Å². The molecule has 2 saturated carbocycles. The van der Waals surface area contributed by atoms with Crippen molar-refractivity contribution in [3.63, 3.8) is 0 Å². The molecular formula is C17H27F2N3O2. The zero-order valence-corrected chi connectivity index (χ0v) is 14.3. The van der Waals surface area contributed by atoms with Gasteiger partial charge in [-0.15, -0.1) is 0 Å². The Bertz CT molecular complexity index is 496. The molecule has 5 nitrogen and oxygen atoms in total. The summed E-state index contributed by atoms with van der Waals surface area (Å²) >= 11 is 0. The summed E-state index contributed by atoms with van der Waals surface area (Å²) in [6.07, 6.45) is 4.77. The van der Waals surface area contributed by atoms with E-state index in [9.17, 15) is 13.6 Å². The van der Waals surface area contributed by atoms with Crippen LogP contribution in [-0.2, 0) is 9.53 Å². The number of hydrogen-bond donors (Lipinski definition) is 1. The van der Waals surface area contributed by atoms with Gasteiger partial charge < -0.3 is 10.1 Å². The van der Waals surface area contributed by atoms with Crippen molar-refractivity contribution in [3.8, 4) is 0 Å². The summed E-state index contributed by atoms with van der Waals surface area (Å²) in [5.74, 6) is -2.79. The number of amides is 1. The molecule has 0 aromatic heterocycles. The second-order valence-corrected chi connectivity index (χ2v) is 8.24. The lowest BCUT2D eigenvalue weighted by molar-refractivity contribution is -0.204. The van der Waals surface area contributed by atoms with Crippen LogP contribution in [0.5, 0.6) is 0 Å². The van der Waals surface area contributed by atoms with Crippen LogP contribution < -0.4 is 5.32 Å². The lowest BCUT2D eigenvalue weighted by Crippen LogP contribution is -2.73. The second kappa shape index (κ2) is 5.88. The molecule has 4 rings (SSSR count). The molecule has 136 valence electrons. The highest BCUT2D eigenvalue weighted by molar-refractivity contribution is 5.82. The third kappa shape index (κ3) is 3.06. The first-order valence-corrected chi connectivity index (χ1v) is 9.12. The molecule has 24 heavy (non-hydrogen) atoms. The third-order valence-electron chi connectivity index (χ3n) is 6.18. The Hall–Kier alpha value is -0.790. The number of hydrogen-bond acceptors (Lipinski definition) is 4. The van der Waals surface area contributed by atoms with Crippen LogP contribution in [0.25, 0.3) is 0 Å². The van der Waals surface area contributed by atoms with Gasteiger partial charge in [0.05, 0.1) is 6.61 Å². The topological polar surface area (TPSA) is 44.8 Å². The molecule has 0 aromatic carbocycles. The lowest BCUT2D eigenvalue weighted by Gasteiger charge is -2.56. The van der Waals surface area contributed by atoms with Crippen LogP contribution in [0.3, 0.4) is 0 Å². The van der Waals surface area contributed by atoms with Crippen LogP contribution in [0, 0.1) is 0 Å². The highest BCUT2D eigenvalue weighted by Crippen LogP contribution is 2.38. The zero-order valence-electron chi connectivity index (χ0n) is 14.3. The largest absolute Gasteiger partial charge is 0.369 e. The van der Waals surface area contributed by atoms with Gasteiger partial charge in [-0.05, 0) is 19.9 Å². The van der Waals surface area contributed by atoms with Gasteiger partial charge in [-0.25, -0.2) is 8.78 Å². The average molecular weight is 343 g/mol. The maximum atomic E-state index is 12.9. The third-order valence-corrected chi connectivity index (χ3v) is 6.18. The van der Waals surface area contributed by atoms with E-state index in [0.29, 0.717) is 12.6 Å². The summed E-state index contributed by atoms with van der Waals surface area (Å²) in [5, 5.41) is 2.74.